The Balaban J connectivity index is 2.89. The molecule has 2 heterocycles. The van der Waals surface area contributed by atoms with E-state index in [1.807, 2.05) is 6.07 Å². The van der Waals surface area contributed by atoms with E-state index in [2.05, 4.69) is 4.98 Å². The summed E-state index contributed by atoms with van der Waals surface area (Å²) in [4.78, 5) is 14.9. The van der Waals surface area contributed by atoms with Gasteiger partial charge in [0.1, 0.15) is 0 Å². The number of carbonyl (C=O) groups is 1. The van der Waals surface area contributed by atoms with Crippen LogP contribution in [0.3, 0.4) is 0 Å². The number of aromatic nitrogens is 2. The number of nitrogens with zero attached hydrogens (tertiary/aromatic N) is 2. The number of imidazole rings is 1. The number of hydrogen-bond donors (Lipinski definition) is 1. The minimum atomic E-state index is -0.893. The van der Waals surface area contributed by atoms with Gasteiger partial charge >= 0.3 is 5.97 Å². The highest BCUT2D eigenvalue weighted by Crippen LogP contribution is 2.17. The smallest absolute Gasteiger partial charge is 0.337 e. The van der Waals surface area contributed by atoms with Crippen LogP contribution in [0, 0.1) is 13.8 Å². The molecule has 0 atom stereocenters. The van der Waals surface area contributed by atoms with Crippen molar-refractivity contribution in [3.63, 3.8) is 0 Å². The Morgan fingerprint density at radius 2 is 2.21 bits per heavy atom. The number of aromatic carboxylic acids is 1. The highest BCUT2D eigenvalue weighted by atomic mass is 16.4. The van der Waals surface area contributed by atoms with Gasteiger partial charge in [0, 0.05) is 5.69 Å². The summed E-state index contributed by atoms with van der Waals surface area (Å²) in [5.41, 5.74) is 2.76. The zero-order valence-electron chi connectivity index (χ0n) is 7.98. The van der Waals surface area contributed by atoms with Crippen LogP contribution < -0.4 is 0 Å². The fourth-order valence-corrected chi connectivity index (χ4v) is 1.72. The van der Waals surface area contributed by atoms with Gasteiger partial charge in [0.25, 0.3) is 0 Å². The predicted octanol–water partition coefficient (Wildman–Crippen LogP) is 1.65. The number of rotatable bonds is 1. The quantitative estimate of drug-likeness (QED) is 0.743. The fraction of sp³-hybridized carbons (Fsp3) is 0.200. The summed E-state index contributed by atoms with van der Waals surface area (Å²) >= 11 is 0. The van der Waals surface area contributed by atoms with Crippen LogP contribution in [0.25, 0.3) is 5.52 Å². The molecule has 0 radical (unpaired) electrons. The van der Waals surface area contributed by atoms with Crippen LogP contribution in [-0.2, 0) is 0 Å². The van der Waals surface area contributed by atoms with E-state index >= 15 is 0 Å². The summed E-state index contributed by atoms with van der Waals surface area (Å²) in [6, 6.07) is 1.82. The van der Waals surface area contributed by atoms with Crippen molar-refractivity contribution in [1.29, 1.82) is 0 Å². The van der Waals surface area contributed by atoms with E-state index in [1.54, 1.807) is 30.8 Å². The first-order valence-corrected chi connectivity index (χ1v) is 4.27. The molecule has 2 aromatic rings. The molecule has 72 valence electrons. The van der Waals surface area contributed by atoms with Gasteiger partial charge in [0.15, 0.2) is 0 Å². The average Bonchev–Trinajstić information content (AvgIpc) is 2.50. The third-order valence-electron chi connectivity index (χ3n) is 2.36. The van der Waals surface area contributed by atoms with E-state index in [0.717, 1.165) is 11.1 Å². The van der Waals surface area contributed by atoms with E-state index in [9.17, 15) is 4.79 Å². The molecule has 1 N–H and O–H groups in total. The van der Waals surface area contributed by atoms with Crippen LogP contribution in [0.15, 0.2) is 18.6 Å². The molecule has 4 heteroatoms. The van der Waals surface area contributed by atoms with Crippen molar-refractivity contribution in [3.05, 3.63) is 35.4 Å². The molecule has 2 aromatic heterocycles. The lowest BCUT2D eigenvalue weighted by molar-refractivity contribution is 0.0694. The van der Waals surface area contributed by atoms with Crippen LogP contribution >= 0.6 is 0 Å². The van der Waals surface area contributed by atoms with E-state index < -0.39 is 5.97 Å². The van der Waals surface area contributed by atoms with Gasteiger partial charge in [-0.1, -0.05) is 0 Å². The van der Waals surface area contributed by atoms with Gasteiger partial charge in [-0.3, -0.25) is 0 Å². The molecule has 0 amide bonds. The standard InChI is InChI=1S/C10H10N2O2/c1-6-3-8-4-11-5-12(8)7(2)9(6)10(13)14/h3-5H,1-2H3,(H,13,14). The zero-order valence-corrected chi connectivity index (χ0v) is 7.98. The molecule has 0 aliphatic heterocycles. The van der Waals surface area contributed by atoms with E-state index in [1.165, 1.54) is 0 Å². The number of aryl methyl sites for hydroxylation is 2. The van der Waals surface area contributed by atoms with Crippen molar-refractivity contribution in [2.75, 3.05) is 0 Å². The second-order valence-electron chi connectivity index (χ2n) is 3.28. The first-order chi connectivity index (χ1) is 6.61. The molecular weight excluding hydrogens is 180 g/mol. The Labute approximate surface area is 80.8 Å². The maximum atomic E-state index is 11.0. The van der Waals surface area contributed by atoms with Crippen molar-refractivity contribution >= 4 is 11.5 Å². The molecule has 0 saturated carbocycles. The second kappa shape index (κ2) is 2.83. The zero-order chi connectivity index (χ0) is 10.3. The van der Waals surface area contributed by atoms with Gasteiger partial charge in [0.2, 0.25) is 0 Å². The van der Waals surface area contributed by atoms with Crippen molar-refractivity contribution in [1.82, 2.24) is 9.38 Å². The highest BCUT2D eigenvalue weighted by molar-refractivity contribution is 5.91. The van der Waals surface area contributed by atoms with Crippen LogP contribution in [0.4, 0.5) is 0 Å². The number of fused-ring (bicyclic) bond motifs is 1. The van der Waals surface area contributed by atoms with Crippen molar-refractivity contribution < 1.29 is 9.90 Å². The van der Waals surface area contributed by atoms with Crippen LogP contribution in [0.5, 0.6) is 0 Å². The number of pyridine rings is 1. The lowest BCUT2D eigenvalue weighted by Crippen LogP contribution is -2.06. The molecule has 0 aliphatic carbocycles. The number of carboxylic acid groups (broad SMARTS) is 1. The SMILES string of the molecule is Cc1cc2cncn2c(C)c1C(=O)O. The van der Waals surface area contributed by atoms with Crippen molar-refractivity contribution in [3.8, 4) is 0 Å². The normalized spacial score (nSPS) is 10.7. The lowest BCUT2D eigenvalue weighted by Gasteiger charge is -2.07. The number of hydrogen-bond acceptors (Lipinski definition) is 2. The Bertz CT molecular complexity index is 514. The summed E-state index contributed by atoms with van der Waals surface area (Å²) in [5, 5.41) is 9.01. The highest BCUT2D eigenvalue weighted by Gasteiger charge is 2.13. The van der Waals surface area contributed by atoms with Crippen molar-refractivity contribution in [2.24, 2.45) is 0 Å². The summed E-state index contributed by atoms with van der Waals surface area (Å²) in [5.74, 6) is -0.893. The Hall–Kier alpha value is -1.84. The molecule has 0 saturated heterocycles. The minimum absolute atomic E-state index is 0.357. The first kappa shape index (κ1) is 8.74. The maximum Gasteiger partial charge on any atom is 0.337 e. The van der Waals surface area contributed by atoms with Crippen LogP contribution in [0.2, 0.25) is 0 Å². The molecule has 0 unspecified atom stereocenters. The molecule has 0 spiro atoms. The molecule has 0 fully saturated rings. The van der Waals surface area contributed by atoms with E-state index in [4.69, 9.17) is 5.11 Å². The topological polar surface area (TPSA) is 54.6 Å². The molecule has 4 nitrogen and oxygen atoms in total. The van der Waals surface area contributed by atoms with Gasteiger partial charge in [-0.2, -0.15) is 0 Å². The van der Waals surface area contributed by atoms with Crippen LogP contribution in [-0.4, -0.2) is 20.5 Å². The fourth-order valence-electron chi connectivity index (χ4n) is 1.72. The van der Waals surface area contributed by atoms with Gasteiger partial charge in [-0.25, -0.2) is 9.78 Å². The summed E-state index contributed by atoms with van der Waals surface area (Å²) in [6.45, 7) is 3.58. The molecule has 0 aliphatic rings. The molecule has 14 heavy (non-hydrogen) atoms. The van der Waals surface area contributed by atoms with Crippen LogP contribution in [0.1, 0.15) is 21.6 Å². The summed E-state index contributed by atoms with van der Waals surface area (Å²) < 4.78 is 1.77. The maximum absolute atomic E-state index is 11.0. The monoisotopic (exact) mass is 190 g/mol. The van der Waals surface area contributed by atoms with Gasteiger partial charge in [-0.15, -0.1) is 0 Å². The van der Waals surface area contributed by atoms with Gasteiger partial charge in [-0.05, 0) is 25.5 Å². The lowest BCUT2D eigenvalue weighted by atomic mass is 10.1. The molecule has 0 bridgehead atoms. The molecule has 2 rings (SSSR count). The Morgan fingerprint density at radius 3 is 2.86 bits per heavy atom. The molecular formula is C10H10N2O2. The van der Waals surface area contributed by atoms with Crippen molar-refractivity contribution in [2.45, 2.75) is 13.8 Å². The first-order valence-electron chi connectivity index (χ1n) is 4.27. The Morgan fingerprint density at radius 1 is 1.50 bits per heavy atom. The second-order valence-corrected chi connectivity index (χ2v) is 3.28. The third-order valence-corrected chi connectivity index (χ3v) is 2.36. The Kier molecular flexibility index (Phi) is 1.77. The summed E-state index contributed by atoms with van der Waals surface area (Å²) in [7, 11) is 0. The van der Waals surface area contributed by atoms with E-state index in [-0.39, 0.29) is 0 Å². The van der Waals surface area contributed by atoms with Gasteiger partial charge < -0.3 is 9.51 Å². The predicted molar refractivity (Wildman–Crippen MR) is 51.6 cm³/mol. The third kappa shape index (κ3) is 1.08. The van der Waals surface area contributed by atoms with Gasteiger partial charge in [0.05, 0.1) is 23.6 Å². The summed E-state index contributed by atoms with van der Waals surface area (Å²) in [6.07, 6.45) is 3.34. The average molecular weight is 190 g/mol. The van der Waals surface area contributed by atoms with E-state index in [0.29, 0.717) is 11.3 Å². The number of carboxylic acids is 1. The largest absolute Gasteiger partial charge is 0.478 e. The minimum Gasteiger partial charge on any atom is -0.478 e. The molecule has 0 aromatic carbocycles.